The molecule has 1 amide bonds. The maximum atomic E-state index is 13.7. The quantitative estimate of drug-likeness (QED) is 0.667. The molecular weight excluding hydrogens is 415 g/mol. The molecule has 0 saturated carbocycles. The van der Waals surface area contributed by atoms with Gasteiger partial charge in [0.1, 0.15) is 10.8 Å². The lowest BCUT2D eigenvalue weighted by molar-refractivity contribution is 0.102. The molecule has 1 saturated heterocycles. The van der Waals surface area contributed by atoms with Crippen LogP contribution in [0.3, 0.4) is 0 Å². The summed E-state index contributed by atoms with van der Waals surface area (Å²) in [5.74, 6) is -1.14. The Morgan fingerprint density at radius 3 is 2.59 bits per heavy atom. The molecule has 0 spiro atoms. The number of nitrogens with one attached hydrogen (secondary N) is 1. The highest BCUT2D eigenvalue weighted by atomic mass is 32.2. The summed E-state index contributed by atoms with van der Waals surface area (Å²) >= 11 is 1.02. The molecule has 4 rings (SSSR count). The molecule has 1 atom stereocenters. The SMILES string of the molecule is O=C(Nc1ccccc1F)c1nnc([C@H]2CCCN2S(=O)(=O)c2ccccc2)s1. The second-order valence-corrected chi connectivity index (χ2v) is 9.37. The molecule has 10 heteroatoms. The molecule has 1 aliphatic rings. The van der Waals surface area contributed by atoms with E-state index in [1.165, 1.54) is 22.5 Å². The van der Waals surface area contributed by atoms with Crippen LogP contribution in [0.5, 0.6) is 0 Å². The van der Waals surface area contributed by atoms with E-state index in [1.807, 2.05) is 0 Å². The first-order valence-electron chi connectivity index (χ1n) is 8.93. The van der Waals surface area contributed by atoms with E-state index < -0.39 is 27.8 Å². The Morgan fingerprint density at radius 2 is 1.83 bits per heavy atom. The third kappa shape index (κ3) is 3.91. The zero-order chi connectivity index (χ0) is 20.4. The van der Waals surface area contributed by atoms with Gasteiger partial charge >= 0.3 is 0 Å². The number of anilines is 1. The van der Waals surface area contributed by atoms with Crippen LogP contribution in [-0.4, -0.2) is 35.4 Å². The molecule has 1 fully saturated rings. The predicted octanol–water partition coefficient (Wildman–Crippen LogP) is 3.46. The van der Waals surface area contributed by atoms with Crippen LogP contribution >= 0.6 is 11.3 Å². The van der Waals surface area contributed by atoms with Gasteiger partial charge in [-0.25, -0.2) is 12.8 Å². The molecule has 3 aromatic rings. The van der Waals surface area contributed by atoms with Crippen LogP contribution < -0.4 is 5.32 Å². The average Bonchev–Trinajstić information content (AvgIpc) is 3.40. The fourth-order valence-electron chi connectivity index (χ4n) is 3.20. The van der Waals surface area contributed by atoms with Crippen molar-refractivity contribution in [3.63, 3.8) is 0 Å². The van der Waals surface area contributed by atoms with Crippen LogP contribution in [0.1, 0.15) is 33.7 Å². The van der Waals surface area contributed by atoms with Crippen LogP contribution in [0.2, 0.25) is 0 Å². The zero-order valence-electron chi connectivity index (χ0n) is 15.2. The minimum atomic E-state index is -3.68. The van der Waals surface area contributed by atoms with Crippen molar-refractivity contribution in [3.05, 3.63) is 70.4 Å². The van der Waals surface area contributed by atoms with E-state index >= 15 is 0 Å². The Bertz CT molecular complexity index is 1140. The number of halogens is 1. The number of amides is 1. The van der Waals surface area contributed by atoms with E-state index in [4.69, 9.17) is 0 Å². The number of benzene rings is 2. The molecule has 0 unspecified atom stereocenters. The van der Waals surface area contributed by atoms with Crippen molar-refractivity contribution in [1.82, 2.24) is 14.5 Å². The molecule has 1 N–H and O–H groups in total. The molecule has 29 heavy (non-hydrogen) atoms. The zero-order valence-corrected chi connectivity index (χ0v) is 16.8. The van der Waals surface area contributed by atoms with Crippen molar-refractivity contribution in [1.29, 1.82) is 0 Å². The van der Waals surface area contributed by atoms with Gasteiger partial charge in [-0.05, 0) is 37.1 Å². The van der Waals surface area contributed by atoms with Gasteiger partial charge in [0, 0.05) is 6.54 Å². The average molecular weight is 433 g/mol. The fourth-order valence-corrected chi connectivity index (χ4v) is 5.84. The fraction of sp³-hybridized carbons (Fsp3) is 0.211. The summed E-state index contributed by atoms with van der Waals surface area (Å²) in [4.78, 5) is 12.6. The number of carbonyl (C=O) groups is 1. The first kappa shape index (κ1) is 19.6. The smallest absolute Gasteiger partial charge is 0.286 e. The number of aromatic nitrogens is 2. The Balaban J connectivity index is 1.56. The van der Waals surface area contributed by atoms with Crippen LogP contribution in [0.4, 0.5) is 10.1 Å². The number of nitrogens with zero attached hydrogens (tertiary/aromatic N) is 3. The van der Waals surface area contributed by atoms with E-state index in [-0.39, 0.29) is 15.6 Å². The van der Waals surface area contributed by atoms with Crippen molar-refractivity contribution in [2.45, 2.75) is 23.8 Å². The van der Waals surface area contributed by atoms with Gasteiger partial charge in [0.25, 0.3) is 5.91 Å². The first-order valence-corrected chi connectivity index (χ1v) is 11.2. The van der Waals surface area contributed by atoms with Gasteiger partial charge in [-0.3, -0.25) is 4.79 Å². The maximum absolute atomic E-state index is 13.7. The van der Waals surface area contributed by atoms with E-state index in [1.54, 1.807) is 36.4 Å². The lowest BCUT2D eigenvalue weighted by Crippen LogP contribution is -2.30. The van der Waals surface area contributed by atoms with Crippen molar-refractivity contribution in [2.75, 3.05) is 11.9 Å². The predicted molar refractivity (Wildman–Crippen MR) is 107 cm³/mol. The summed E-state index contributed by atoms with van der Waals surface area (Å²) in [5, 5.41) is 10.9. The van der Waals surface area contributed by atoms with Gasteiger partial charge < -0.3 is 5.32 Å². The highest BCUT2D eigenvalue weighted by molar-refractivity contribution is 7.89. The lowest BCUT2D eigenvalue weighted by atomic mass is 10.2. The summed E-state index contributed by atoms with van der Waals surface area (Å²) in [6.45, 7) is 0.373. The molecule has 150 valence electrons. The van der Waals surface area contributed by atoms with Crippen LogP contribution in [0, 0.1) is 5.82 Å². The minimum absolute atomic E-state index is 0.0448. The minimum Gasteiger partial charge on any atom is -0.317 e. The van der Waals surface area contributed by atoms with Gasteiger partial charge in [0.2, 0.25) is 15.0 Å². The Morgan fingerprint density at radius 1 is 1.10 bits per heavy atom. The summed E-state index contributed by atoms with van der Waals surface area (Å²) in [6.07, 6.45) is 1.28. The number of para-hydroxylation sites is 1. The first-order chi connectivity index (χ1) is 14.0. The third-order valence-electron chi connectivity index (χ3n) is 4.60. The highest BCUT2D eigenvalue weighted by Gasteiger charge is 2.38. The van der Waals surface area contributed by atoms with Gasteiger partial charge in [-0.15, -0.1) is 10.2 Å². The van der Waals surface area contributed by atoms with Gasteiger partial charge in [-0.2, -0.15) is 4.31 Å². The molecule has 0 radical (unpaired) electrons. The van der Waals surface area contributed by atoms with Crippen molar-refractivity contribution in [2.24, 2.45) is 0 Å². The molecule has 0 bridgehead atoms. The van der Waals surface area contributed by atoms with Gasteiger partial charge in [-0.1, -0.05) is 41.7 Å². The maximum Gasteiger partial charge on any atom is 0.286 e. The van der Waals surface area contributed by atoms with Gasteiger partial charge in [0.05, 0.1) is 16.6 Å². The number of carbonyl (C=O) groups excluding carboxylic acids is 1. The normalized spacial score (nSPS) is 17.3. The van der Waals surface area contributed by atoms with E-state index in [0.29, 0.717) is 24.4 Å². The van der Waals surface area contributed by atoms with Crippen LogP contribution in [-0.2, 0) is 10.0 Å². The van der Waals surface area contributed by atoms with E-state index in [9.17, 15) is 17.6 Å². The monoisotopic (exact) mass is 432 g/mol. The van der Waals surface area contributed by atoms with E-state index in [2.05, 4.69) is 15.5 Å². The lowest BCUT2D eigenvalue weighted by Gasteiger charge is -2.22. The second-order valence-electron chi connectivity index (χ2n) is 6.47. The largest absolute Gasteiger partial charge is 0.317 e. The highest BCUT2D eigenvalue weighted by Crippen LogP contribution is 2.37. The molecular formula is C19H17FN4O3S2. The van der Waals surface area contributed by atoms with Gasteiger partial charge in [0.15, 0.2) is 0 Å². The standard InChI is InChI=1S/C19H17FN4O3S2/c20-14-9-4-5-10-15(14)21-17(25)19-23-22-18(28-19)16-11-6-12-24(16)29(26,27)13-7-2-1-3-8-13/h1-5,7-10,16H,6,11-12H2,(H,21,25)/t16-/m1/s1. The molecule has 2 heterocycles. The second kappa shape index (κ2) is 7.97. The number of hydrogen-bond donors (Lipinski definition) is 1. The number of sulfonamides is 1. The Hall–Kier alpha value is -2.69. The van der Waals surface area contributed by atoms with Crippen molar-refractivity contribution < 1.29 is 17.6 Å². The molecule has 1 aromatic heterocycles. The molecule has 0 aliphatic carbocycles. The third-order valence-corrected chi connectivity index (χ3v) is 7.54. The summed E-state index contributed by atoms with van der Waals surface area (Å²) in [5.41, 5.74) is 0.0448. The van der Waals surface area contributed by atoms with Crippen LogP contribution in [0.15, 0.2) is 59.5 Å². The molecule has 1 aliphatic heterocycles. The molecule has 7 nitrogen and oxygen atoms in total. The Labute approximate surface area is 171 Å². The number of hydrogen-bond acceptors (Lipinski definition) is 6. The van der Waals surface area contributed by atoms with Crippen molar-refractivity contribution in [3.8, 4) is 0 Å². The van der Waals surface area contributed by atoms with Crippen LogP contribution in [0.25, 0.3) is 0 Å². The topological polar surface area (TPSA) is 92.3 Å². The van der Waals surface area contributed by atoms with Crippen molar-refractivity contribution >= 4 is 33.0 Å². The summed E-state index contributed by atoms with van der Waals surface area (Å²) in [6, 6.07) is 13.6. The summed E-state index contributed by atoms with van der Waals surface area (Å²) in [7, 11) is -3.68. The van der Waals surface area contributed by atoms with E-state index in [0.717, 1.165) is 11.3 Å². The molecule has 2 aromatic carbocycles. The Kier molecular flexibility index (Phi) is 5.39. The number of rotatable bonds is 5. The summed E-state index contributed by atoms with van der Waals surface area (Å²) < 4.78 is 41.1.